The summed E-state index contributed by atoms with van der Waals surface area (Å²) in [6.07, 6.45) is -4.30. The van der Waals surface area contributed by atoms with Gasteiger partial charge in [0.15, 0.2) is 0 Å². The Balaban J connectivity index is 1.95. The number of carbonyl (C=O) groups is 2. The topological polar surface area (TPSA) is 114 Å². The highest BCUT2D eigenvalue weighted by Crippen LogP contribution is 2.52. The smallest absolute Gasteiger partial charge is 0.416 e. The van der Waals surface area contributed by atoms with Gasteiger partial charge in [-0.2, -0.15) is 13.2 Å². The van der Waals surface area contributed by atoms with E-state index in [4.69, 9.17) is 22.1 Å². The molecule has 1 heterocycles. The van der Waals surface area contributed by atoms with E-state index in [1.54, 1.807) is 0 Å². The second kappa shape index (κ2) is 12.4. The Bertz CT molecular complexity index is 1560. The van der Waals surface area contributed by atoms with Gasteiger partial charge < -0.3 is 26.2 Å². The highest BCUT2D eigenvalue weighted by molar-refractivity contribution is 6.30. The van der Waals surface area contributed by atoms with Crippen molar-refractivity contribution >= 4 is 29.2 Å². The van der Waals surface area contributed by atoms with Gasteiger partial charge in [-0.3, -0.25) is 4.79 Å². The number of methoxy groups -OCH3 is 1. The number of anilines is 1. The number of ether oxygens (including phenoxy) is 1. The molecule has 4 atom stereocenters. The maximum absolute atomic E-state index is 15.9. The zero-order valence-electron chi connectivity index (χ0n) is 24.6. The highest BCUT2D eigenvalue weighted by atomic mass is 35.5. The van der Waals surface area contributed by atoms with E-state index < -0.39 is 52.9 Å². The minimum absolute atomic E-state index is 0.0620. The number of hydrogen-bond donors (Lipinski definition) is 4. The average molecular weight is 636 g/mol. The summed E-state index contributed by atoms with van der Waals surface area (Å²) in [5, 5.41) is 15.5. The second-order valence-corrected chi connectivity index (χ2v) is 12.6. The lowest BCUT2D eigenvalue weighted by molar-refractivity contribution is -0.137. The quantitative estimate of drug-likeness (QED) is 0.208. The van der Waals surface area contributed by atoms with Crippen LogP contribution in [0.3, 0.4) is 0 Å². The van der Waals surface area contributed by atoms with Crippen molar-refractivity contribution < 1.29 is 37.0 Å². The molecule has 236 valence electrons. The van der Waals surface area contributed by atoms with E-state index in [0.29, 0.717) is 6.42 Å². The Morgan fingerprint density at radius 3 is 2.36 bits per heavy atom. The van der Waals surface area contributed by atoms with Crippen LogP contribution in [0.2, 0.25) is 5.02 Å². The number of carboxylic acid groups (broad SMARTS) is 1. The lowest BCUT2D eigenvalue weighted by Crippen LogP contribution is -2.50. The number of aromatic carboxylic acids is 1. The monoisotopic (exact) mass is 635 g/mol. The van der Waals surface area contributed by atoms with Gasteiger partial charge in [-0.15, -0.1) is 0 Å². The largest absolute Gasteiger partial charge is 0.495 e. The van der Waals surface area contributed by atoms with Crippen LogP contribution >= 0.6 is 11.6 Å². The number of alkyl halides is 3. The Kier molecular flexibility index (Phi) is 9.35. The summed E-state index contributed by atoms with van der Waals surface area (Å²) in [4.78, 5) is 25.6. The van der Waals surface area contributed by atoms with Gasteiger partial charge in [-0.25, -0.2) is 9.18 Å². The van der Waals surface area contributed by atoms with E-state index in [1.165, 1.54) is 49.6 Å². The van der Waals surface area contributed by atoms with Gasteiger partial charge in [0.05, 0.1) is 30.0 Å². The summed E-state index contributed by atoms with van der Waals surface area (Å²) >= 11 is 6.08. The van der Waals surface area contributed by atoms with Gasteiger partial charge in [-0.05, 0) is 59.4 Å². The molecular formula is C32H34ClF4N3O4. The summed E-state index contributed by atoms with van der Waals surface area (Å²) in [7, 11) is 1.30. The molecule has 5 N–H and O–H groups in total. The molecule has 7 nitrogen and oxygen atoms in total. The molecule has 1 amide bonds. The van der Waals surface area contributed by atoms with Crippen molar-refractivity contribution in [1.82, 2.24) is 5.32 Å². The highest BCUT2D eigenvalue weighted by Gasteiger charge is 2.59. The molecule has 0 aromatic heterocycles. The normalized spacial score (nSPS) is 22.1. The van der Waals surface area contributed by atoms with Crippen LogP contribution in [0.5, 0.6) is 5.75 Å². The second-order valence-electron chi connectivity index (χ2n) is 12.1. The molecule has 0 spiro atoms. The van der Waals surface area contributed by atoms with Crippen LogP contribution in [0.1, 0.15) is 60.2 Å². The minimum Gasteiger partial charge on any atom is -0.495 e. The van der Waals surface area contributed by atoms with Crippen LogP contribution < -0.4 is 21.1 Å². The van der Waals surface area contributed by atoms with Crippen LogP contribution in [0.25, 0.3) is 0 Å². The molecule has 3 aromatic rings. The van der Waals surface area contributed by atoms with E-state index in [0.717, 1.165) is 18.2 Å². The van der Waals surface area contributed by atoms with Crippen LogP contribution in [-0.2, 0) is 16.4 Å². The molecule has 12 heteroatoms. The first-order valence-electron chi connectivity index (χ1n) is 13.8. The van der Waals surface area contributed by atoms with E-state index in [-0.39, 0.29) is 45.1 Å². The fourth-order valence-corrected chi connectivity index (χ4v) is 6.35. The summed E-state index contributed by atoms with van der Waals surface area (Å²) in [5.74, 6) is -3.58. The van der Waals surface area contributed by atoms with Crippen molar-refractivity contribution in [2.24, 2.45) is 11.1 Å². The number of rotatable bonds is 8. The fourth-order valence-electron chi connectivity index (χ4n) is 6.19. The van der Waals surface area contributed by atoms with Crippen LogP contribution in [-0.4, -0.2) is 42.7 Å². The number of hydrogen-bond acceptors (Lipinski definition) is 5. The third kappa shape index (κ3) is 6.55. The Hall–Kier alpha value is -3.67. The van der Waals surface area contributed by atoms with Crippen molar-refractivity contribution in [1.29, 1.82) is 0 Å². The van der Waals surface area contributed by atoms with Gasteiger partial charge in [0.2, 0.25) is 5.91 Å². The molecule has 1 saturated heterocycles. The number of nitrogens with two attached hydrogens (primary N) is 1. The fraction of sp³-hybridized carbons (Fsp3) is 0.375. The molecule has 1 fully saturated rings. The predicted octanol–water partition coefficient (Wildman–Crippen LogP) is 6.60. The van der Waals surface area contributed by atoms with Crippen LogP contribution in [0, 0.1) is 11.2 Å². The molecule has 1 aliphatic rings. The number of amides is 1. The first-order chi connectivity index (χ1) is 20.5. The van der Waals surface area contributed by atoms with Crippen molar-refractivity contribution in [3.05, 3.63) is 93.8 Å². The lowest BCUT2D eigenvalue weighted by atomic mass is 9.61. The molecule has 0 unspecified atom stereocenters. The Morgan fingerprint density at radius 1 is 1.09 bits per heavy atom. The first kappa shape index (κ1) is 33.2. The van der Waals surface area contributed by atoms with Crippen LogP contribution in [0.15, 0.2) is 60.7 Å². The van der Waals surface area contributed by atoms with Crippen molar-refractivity contribution in [3.63, 3.8) is 0 Å². The molecule has 0 saturated carbocycles. The third-order valence-corrected chi connectivity index (χ3v) is 8.27. The number of nitrogens with one attached hydrogen (secondary N) is 2. The molecule has 1 aliphatic heterocycles. The van der Waals surface area contributed by atoms with Gasteiger partial charge >= 0.3 is 12.1 Å². The standard InChI is InChI=1S/C32H34ClF4N3O4/c1-30(2,3)15-25-31(16-38,21-10-9-20(33)14-22(21)34)26(17-6-5-7-19(12-17)32(35,36)37)27(40-25)28(41)39-23-11-8-18(29(42)43)13-24(23)44-4/h5-14,25-27,40H,15-16,38H2,1-4H3,(H,39,41)(H,42,43)/t25-,26-,27+,31-/m0/s1. The summed E-state index contributed by atoms with van der Waals surface area (Å²) in [6.45, 7) is 5.64. The summed E-state index contributed by atoms with van der Waals surface area (Å²) in [6, 6.07) is 10.7. The molecule has 4 rings (SSSR count). The first-order valence-corrected chi connectivity index (χ1v) is 14.2. The van der Waals surface area contributed by atoms with Crippen molar-refractivity contribution in [3.8, 4) is 5.75 Å². The molecule has 0 aliphatic carbocycles. The molecular weight excluding hydrogens is 602 g/mol. The molecule has 0 radical (unpaired) electrons. The lowest BCUT2D eigenvalue weighted by Gasteiger charge is -2.42. The van der Waals surface area contributed by atoms with E-state index in [9.17, 15) is 27.9 Å². The van der Waals surface area contributed by atoms with Crippen molar-refractivity contribution in [2.45, 2.75) is 56.8 Å². The maximum atomic E-state index is 15.9. The third-order valence-electron chi connectivity index (χ3n) is 8.04. The van der Waals surface area contributed by atoms with Gasteiger partial charge in [-0.1, -0.05) is 56.6 Å². The van der Waals surface area contributed by atoms with Crippen LogP contribution in [0.4, 0.5) is 23.2 Å². The SMILES string of the molecule is COc1cc(C(=O)O)ccc1NC(=O)[C@@H]1N[C@@H](CC(C)(C)C)[C@](CN)(c2ccc(Cl)cc2F)[C@H]1c1cccc(C(F)(F)F)c1. The zero-order valence-corrected chi connectivity index (χ0v) is 25.3. The number of carbonyl (C=O) groups excluding carboxylic acids is 1. The van der Waals surface area contributed by atoms with E-state index in [2.05, 4.69) is 10.6 Å². The Morgan fingerprint density at radius 2 is 1.80 bits per heavy atom. The average Bonchev–Trinajstić information content (AvgIpc) is 3.25. The van der Waals surface area contributed by atoms with E-state index >= 15 is 4.39 Å². The number of benzene rings is 3. The number of halogens is 5. The Labute approximate surface area is 257 Å². The molecule has 44 heavy (non-hydrogen) atoms. The molecule has 0 bridgehead atoms. The van der Waals surface area contributed by atoms with Crippen molar-refractivity contribution in [2.75, 3.05) is 19.0 Å². The van der Waals surface area contributed by atoms with Gasteiger partial charge in [0.1, 0.15) is 11.6 Å². The number of carboxylic acids is 1. The van der Waals surface area contributed by atoms with E-state index in [1.807, 2.05) is 20.8 Å². The predicted molar refractivity (Wildman–Crippen MR) is 160 cm³/mol. The van der Waals surface area contributed by atoms with Gasteiger partial charge in [0, 0.05) is 28.9 Å². The minimum atomic E-state index is -4.68. The summed E-state index contributed by atoms with van der Waals surface area (Å²) < 4.78 is 62.9. The molecule has 3 aromatic carbocycles. The maximum Gasteiger partial charge on any atom is 0.416 e. The summed E-state index contributed by atoms with van der Waals surface area (Å²) in [5.41, 5.74) is 4.12. The zero-order chi connectivity index (χ0) is 32.6. The van der Waals surface area contributed by atoms with Gasteiger partial charge in [0.25, 0.3) is 0 Å².